The molecule has 2 aromatic heterocycles. The molecule has 0 fully saturated rings. The van der Waals surface area contributed by atoms with Gasteiger partial charge in [-0.1, -0.05) is 243 Å². The van der Waals surface area contributed by atoms with Crippen molar-refractivity contribution in [3.05, 3.63) is 279 Å². The van der Waals surface area contributed by atoms with E-state index < -0.39 is 8.07 Å². The maximum absolute atomic E-state index is 3.20. The summed E-state index contributed by atoms with van der Waals surface area (Å²) in [5.74, 6) is 0. The van der Waals surface area contributed by atoms with Gasteiger partial charge in [0.25, 0.3) is 0 Å². The van der Waals surface area contributed by atoms with Crippen LogP contribution in [-0.2, 0) is 0 Å². The summed E-state index contributed by atoms with van der Waals surface area (Å²) < 4.78 is 5.04. The molecule has 2 nitrogen and oxygen atoms in total. The average Bonchev–Trinajstić information content (AvgIpc) is 3.95. The first-order chi connectivity index (χ1) is 34.3. The highest BCUT2D eigenvalue weighted by Crippen LogP contribution is 2.43. The van der Waals surface area contributed by atoms with E-state index in [0.717, 1.165) is 16.9 Å². The van der Waals surface area contributed by atoms with Gasteiger partial charge in [0, 0.05) is 32.8 Å². The molecular weight excluding hydrogens is 849 g/mol. The molecule has 69 heavy (non-hydrogen) atoms. The van der Waals surface area contributed by atoms with E-state index in [1.54, 1.807) is 0 Å². The van der Waals surface area contributed by atoms with Gasteiger partial charge in [0.15, 0.2) is 8.07 Å². The van der Waals surface area contributed by atoms with Crippen molar-refractivity contribution in [1.29, 1.82) is 0 Å². The van der Waals surface area contributed by atoms with Crippen LogP contribution in [-0.4, -0.2) is 17.2 Å². The number of nitrogens with zero attached hydrogens (tertiary/aromatic N) is 2. The van der Waals surface area contributed by atoms with Gasteiger partial charge in [0.1, 0.15) is 0 Å². The number of para-hydroxylation sites is 2. The number of aromatic nitrogens is 2. The first-order valence-electron chi connectivity index (χ1n) is 23.9. The van der Waals surface area contributed by atoms with Gasteiger partial charge in [-0.3, -0.25) is 0 Å². The van der Waals surface area contributed by atoms with Crippen LogP contribution >= 0.6 is 0 Å². The number of fused-ring (bicyclic) bond motifs is 6. The topological polar surface area (TPSA) is 9.86 Å². The van der Waals surface area contributed by atoms with Gasteiger partial charge >= 0.3 is 0 Å². The van der Waals surface area contributed by atoms with Crippen molar-refractivity contribution >= 4 is 72.4 Å². The highest BCUT2D eigenvalue weighted by molar-refractivity contribution is 7.21. The van der Waals surface area contributed by atoms with Crippen molar-refractivity contribution < 1.29 is 0 Å². The monoisotopic (exact) mass is 894 g/mol. The second kappa shape index (κ2) is 16.8. The van der Waals surface area contributed by atoms with Crippen LogP contribution in [0.5, 0.6) is 0 Å². The Morgan fingerprint density at radius 3 is 1.32 bits per heavy atom. The van der Waals surface area contributed by atoms with Gasteiger partial charge in [-0.15, -0.1) is 0 Å². The Kier molecular flexibility index (Phi) is 9.88. The van der Waals surface area contributed by atoms with E-state index in [1.165, 1.54) is 92.2 Å². The Hall–Kier alpha value is -8.76. The Balaban J connectivity index is 1.22. The maximum Gasteiger partial charge on any atom is 0.180 e. The standard InChI is InChI=1S/C66H46N2Si/c1-7-24-47(25-8-1)54-36-19-21-39-59(54)68-60-40-22-20-37-57(60)58-43-42-50(46-63(58)68)67-61-41-23-38-55(48-26-9-2-10-27-48)64(61)65-62(67)45-44-56(49-28-11-3-12-29-49)66(65)69(51-30-13-4-14-31-51,52-32-15-5-16-33-52)53-34-17-6-18-35-53/h1-46H. The van der Waals surface area contributed by atoms with Crippen molar-refractivity contribution in [3.8, 4) is 44.8 Å². The maximum atomic E-state index is 2.56. The lowest BCUT2D eigenvalue weighted by molar-refractivity contribution is 1.16. The Labute approximate surface area is 403 Å². The van der Waals surface area contributed by atoms with Crippen LogP contribution in [0.25, 0.3) is 88.4 Å². The van der Waals surface area contributed by atoms with Crippen molar-refractivity contribution in [2.45, 2.75) is 0 Å². The van der Waals surface area contributed by atoms with E-state index >= 15 is 0 Å². The van der Waals surface area contributed by atoms with Crippen molar-refractivity contribution in [2.75, 3.05) is 0 Å². The zero-order chi connectivity index (χ0) is 45.7. The average molecular weight is 895 g/mol. The SMILES string of the molecule is c1ccc(-c2ccccc2-n2c3ccccc3c3ccc(-n4c5cccc(-c6ccccc6)c5c5c([Si](c6ccccc6)(c6ccccc6)c6ccccc6)c(-c6ccccc6)ccc54)cc32)cc1. The number of hydrogen-bond donors (Lipinski definition) is 0. The third kappa shape index (κ3) is 6.47. The summed E-state index contributed by atoms with van der Waals surface area (Å²) in [7, 11) is -3.20. The van der Waals surface area contributed by atoms with Crippen LogP contribution in [0.1, 0.15) is 0 Å². The largest absolute Gasteiger partial charge is 0.309 e. The molecule has 0 aliphatic carbocycles. The summed E-state index contributed by atoms with van der Waals surface area (Å²) in [6, 6.07) is 104. The van der Waals surface area contributed by atoms with Crippen LogP contribution in [0, 0.1) is 0 Å². The van der Waals surface area contributed by atoms with Crippen molar-refractivity contribution in [1.82, 2.24) is 9.13 Å². The normalized spacial score (nSPS) is 11.8. The summed E-state index contributed by atoms with van der Waals surface area (Å²) in [6.07, 6.45) is 0. The molecule has 0 saturated heterocycles. The molecular formula is C66H46N2Si. The smallest absolute Gasteiger partial charge is 0.180 e. The minimum atomic E-state index is -3.20. The first kappa shape index (κ1) is 40.5. The molecule has 13 aromatic rings. The van der Waals surface area contributed by atoms with Crippen LogP contribution in [0.2, 0.25) is 0 Å². The molecule has 0 radical (unpaired) electrons. The summed E-state index contributed by atoms with van der Waals surface area (Å²) in [5, 5.41) is 10.4. The molecule has 3 heteroatoms. The highest BCUT2D eigenvalue weighted by atomic mass is 28.3. The predicted molar refractivity (Wildman–Crippen MR) is 295 cm³/mol. The highest BCUT2D eigenvalue weighted by Gasteiger charge is 2.45. The minimum Gasteiger partial charge on any atom is -0.309 e. The molecule has 0 bridgehead atoms. The molecule has 0 N–H and O–H groups in total. The molecule has 0 amide bonds. The van der Waals surface area contributed by atoms with Crippen LogP contribution < -0.4 is 20.7 Å². The Morgan fingerprint density at radius 2 is 0.710 bits per heavy atom. The molecule has 0 aliphatic rings. The fourth-order valence-electron chi connectivity index (χ4n) is 11.4. The summed E-state index contributed by atoms with van der Waals surface area (Å²) in [6.45, 7) is 0. The predicted octanol–water partition coefficient (Wildman–Crippen LogP) is 14.3. The zero-order valence-electron chi connectivity index (χ0n) is 38.0. The van der Waals surface area contributed by atoms with E-state index in [4.69, 9.17) is 0 Å². The lowest BCUT2D eigenvalue weighted by Gasteiger charge is -2.37. The zero-order valence-corrected chi connectivity index (χ0v) is 39.0. The van der Waals surface area contributed by atoms with Crippen molar-refractivity contribution in [2.24, 2.45) is 0 Å². The second-order valence-corrected chi connectivity index (χ2v) is 21.7. The summed E-state index contributed by atoms with van der Waals surface area (Å²) >= 11 is 0. The summed E-state index contributed by atoms with van der Waals surface area (Å²) in [4.78, 5) is 0. The molecule has 0 saturated carbocycles. The third-order valence-corrected chi connectivity index (χ3v) is 19.1. The molecule has 0 unspecified atom stereocenters. The van der Waals surface area contributed by atoms with Gasteiger partial charge in [0.05, 0.1) is 27.8 Å². The number of rotatable bonds is 9. The lowest BCUT2D eigenvalue weighted by atomic mass is 9.97. The minimum absolute atomic E-state index is 1.11. The Morgan fingerprint density at radius 1 is 0.261 bits per heavy atom. The van der Waals surface area contributed by atoms with Gasteiger partial charge in [-0.2, -0.15) is 0 Å². The number of hydrogen-bond acceptors (Lipinski definition) is 0. The fourth-order valence-corrected chi connectivity index (χ4v) is 16.6. The number of benzene rings is 11. The van der Waals surface area contributed by atoms with Crippen LogP contribution in [0.15, 0.2) is 279 Å². The van der Waals surface area contributed by atoms with E-state index in [1.807, 2.05) is 0 Å². The quantitative estimate of drug-likeness (QED) is 0.101. The van der Waals surface area contributed by atoms with E-state index in [9.17, 15) is 0 Å². The van der Waals surface area contributed by atoms with Gasteiger partial charge in [-0.05, 0) is 85.0 Å². The summed E-state index contributed by atoms with van der Waals surface area (Å²) in [5.41, 5.74) is 14.2. The van der Waals surface area contributed by atoms with E-state index in [-0.39, 0.29) is 0 Å². The van der Waals surface area contributed by atoms with Gasteiger partial charge < -0.3 is 9.13 Å². The molecule has 0 aliphatic heterocycles. The molecule has 11 aromatic carbocycles. The Bertz CT molecular complexity index is 3880. The van der Waals surface area contributed by atoms with Gasteiger partial charge in [0.2, 0.25) is 0 Å². The van der Waals surface area contributed by atoms with Crippen LogP contribution in [0.3, 0.4) is 0 Å². The van der Waals surface area contributed by atoms with Crippen molar-refractivity contribution in [3.63, 3.8) is 0 Å². The molecule has 0 spiro atoms. The lowest BCUT2D eigenvalue weighted by Crippen LogP contribution is -2.75. The second-order valence-electron chi connectivity index (χ2n) is 17.9. The fraction of sp³-hybridized carbons (Fsp3) is 0. The molecule has 324 valence electrons. The third-order valence-electron chi connectivity index (χ3n) is 14.3. The van der Waals surface area contributed by atoms with Crippen LogP contribution in [0.4, 0.5) is 0 Å². The first-order valence-corrected chi connectivity index (χ1v) is 25.9. The molecule has 13 rings (SSSR count). The van der Waals surface area contributed by atoms with E-state index in [2.05, 4.69) is 288 Å². The van der Waals surface area contributed by atoms with E-state index in [0.29, 0.717) is 0 Å². The van der Waals surface area contributed by atoms with Gasteiger partial charge in [-0.25, -0.2) is 0 Å². The molecule has 2 heterocycles. The molecule has 0 atom stereocenters.